The molecule has 0 unspecified atom stereocenters. The lowest BCUT2D eigenvalue weighted by atomic mass is 10.2. The number of aliphatic hydroxyl groups excluding tert-OH is 1. The highest BCUT2D eigenvalue weighted by atomic mass is 16.5. The molecule has 4 rings (SSSR count). The molecule has 0 radical (unpaired) electrons. The second kappa shape index (κ2) is 10.5. The summed E-state index contributed by atoms with van der Waals surface area (Å²) in [5.74, 6) is 6.39. The van der Waals surface area contributed by atoms with E-state index in [1.807, 2.05) is 24.3 Å². The van der Waals surface area contributed by atoms with Gasteiger partial charge in [-0.2, -0.15) is 0 Å². The number of hydrogen-bond acceptors (Lipinski definition) is 7. The molecule has 9 heteroatoms. The number of aryl methyl sites for hydroxylation is 1. The van der Waals surface area contributed by atoms with Crippen molar-refractivity contribution in [2.45, 2.75) is 6.42 Å². The van der Waals surface area contributed by atoms with E-state index >= 15 is 0 Å². The number of fused-ring (bicyclic) bond motifs is 1. The molecule has 4 aromatic rings. The van der Waals surface area contributed by atoms with Crippen LogP contribution in [0.4, 0.5) is 17.2 Å². The average Bonchev–Trinajstić information content (AvgIpc) is 2.87. The van der Waals surface area contributed by atoms with Crippen LogP contribution in [0.5, 0.6) is 11.5 Å². The second-order valence-electron chi connectivity index (χ2n) is 7.63. The number of ether oxygens (including phenoxy) is 1. The number of rotatable bonds is 6. The third-order valence-corrected chi connectivity index (χ3v) is 5.17. The zero-order valence-corrected chi connectivity index (χ0v) is 19.2. The van der Waals surface area contributed by atoms with E-state index in [1.165, 1.54) is 21.9 Å². The molecule has 0 saturated carbocycles. The van der Waals surface area contributed by atoms with Crippen LogP contribution in [0.3, 0.4) is 0 Å². The van der Waals surface area contributed by atoms with Crippen molar-refractivity contribution in [1.29, 1.82) is 0 Å². The number of carbonyl (C=O) groups is 1. The normalized spacial score (nSPS) is 10.4. The van der Waals surface area contributed by atoms with E-state index in [0.717, 1.165) is 11.1 Å². The fourth-order valence-corrected chi connectivity index (χ4v) is 3.22. The quantitative estimate of drug-likeness (QED) is 0.417. The molecule has 0 aliphatic carbocycles. The van der Waals surface area contributed by atoms with Crippen LogP contribution in [-0.4, -0.2) is 39.2 Å². The lowest BCUT2D eigenvalue weighted by Crippen LogP contribution is -2.24. The fourth-order valence-electron chi connectivity index (χ4n) is 3.22. The summed E-state index contributed by atoms with van der Waals surface area (Å²) in [4.78, 5) is 34.2. The number of amides is 1. The van der Waals surface area contributed by atoms with Gasteiger partial charge in [0.15, 0.2) is 0 Å². The molecule has 0 spiro atoms. The van der Waals surface area contributed by atoms with Crippen LogP contribution >= 0.6 is 0 Å². The third kappa shape index (κ3) is 5.63. The minimum Gasteiger partial charge on any atom is -0.457 e. The molecule has 0 saturated heterocycles. The number of carbonyl (C=O) groups excluding carboxylic acids is 1. The number of hydrogen-bond donors (Lipinski definition) is 2. The van der Waals surface area contributed by atoms with Crippen molar-refractivity contribution in [3.63, 3.8) is 0 Å². The van der Waals surface area contributed by atoms with Crippen LogP contribution in [0, 0.1) is 11.8 Å². The Hall–Kier alpha value is -4.68. The maximum absolute atomic E-state index is 12.3. The molecule has 0 fully saturated rings. The van der Waals surface area contributed by atoms with E-state index in [9.17, 15) is 9.59 Å². The minimum atomic E-state index is -0.379. The van der Waals surface area contributed by atoms with Gasteiger partial charge in [-0.05, 0) is 54.5 Å². The number of nitrogens with one attached hydrogen (secondary N) is 1. The Labute approximate surface area is 201 Å². The lowest BCUT2D eigenvalue weighted by molar-refractivity contribution is -0.113. The van der Waals surface area contributed by atoms with Crippen molar-refractivity contribution in [1.82, 2.24) is 14.5 Å². The van der Waals surface area contributed by atoms with E-state index in [0.29, 0.717) is 28.5 Å². The number of nitrogens with zero attached hydrogens (tertiary/aromatic N) is 4. The summed E-state index contributed by atoms with van der Waals surface area (Å²) < 4.78 is 7.23. The number of benzene rings is 2. The van der Waals surface area contributed by atoms with Crippen LogP contribution in [0.15, 0.2) is 71.9 Å². The van der Waals surface area contributed by atoms with Crippen molar-refractivity contribution in [2.75, 3.05) is 23.9 Å². The summed E-state index contributed by atoms with van der Waals surface area (Å²) in [6, 6.07) is 15.8. The minimum absolute atomic E-state index is 0.0916. The Morgan fingerprint density at radius 2 is 1.91 bits per heavy atom. The largest absolute Gasteiger partial charge is 0.457 e. The van der Waals surface area contributed by atoms with E-state index < -0.39 is 0 Å². The Kier molecular flexibility index (Phi) is 7.04. The van der Waals surface area contributed by atoms with Crippen molar-refractivity contribution in [3.8, 4) is 23.3 Å². The number of aromatic nitrogens is 3. The maximum Gasteiger partial charge on any atom is 0.302 e. The summed E-state index contributed by atoms with van der Waals surface area (Å²) in [5.41, 5.74) is 1.96. The first kappa shape index (κ1) is 23.5. The van der Waals surface area contributed by atoms with Crippen LogP contribution in [0.25, 0.3) is 10.9 Å². The Morgan fingerprint density at radius 1 is 1.11 bits per heavy atom. The molecule has 2 aromatic carbocycles. The number of anilines is 3. The Balaban J connectivity index is 1.54. The highest BCUT2D eigenvalue weighted by Crippen LogP contribution is 2.28. The van der Waals surface area contributed by atoms with Crippen molar-refractivity contribution < 1.29 is 14.6 Å². The Morgan fingerprint density at radius 3 is 2.66 bits per heavy atom. The number of aliphatic hydroxyl groups is 1. The molecular weight excluding hydrogens is 446 g/mol. The van der Waals surface area contributed by atoms with Crippen LogP contribution in [0.2, 0.25) is 0 Å². The molecule has 2 aromatic heterocycles. The van der Waals surface area contributed by atoms with Crippen LogP contribution in [0.1, 0.15) is 6.42 Å². The SMILES string of the molecule is CN(C(=O)C#CCCO)c1ccc2ncnc(Nc3ccc(Oc4ccn(C)c(=O)c4)cc3)c2c1. The molecule has 2 heterocycles. The summed E-state index contributed by atoms with van der Waals surface area (Å²) in [5, 5.41) is 12.8. The number of pyridine rings is 1. The average molecular weight is 470 g/mol. The molecule has 35 heavy (non-hydrogen) atoms. The monoisotopic (exact) mass is 469 g/mol. The molecule has 176 valence electrons. The van der Waals surface area contributed by atoms with Gasteiger partial charge < -0.3 is 24.6 Å². The molecule has 0 aliphatic heterocycles. The van der Waals surface area contributed by atoms with Gasteiger partial charge in [0.1, 0.15) is 23.6 Å². The predicted molar refractivity (Wildman–Crippen MR) is 134 cm³/mol. The molecule has 0 atom stereocenters. The molecule has 2 N–H and O–H groups in total. The molecular formula is C26H23N5O4. The topological polar surface area (TPSA) is 110 Å². The van der Waals surface area contributed by atoms with Gasteiger partial charge in [0.2, 0.25) is 0 Å². The first-order valence-electron chi connectivity index (χ1n) is 10.8. The standard InChI is InChI=1S/C26H23N5O4/c1-30-13-12-21(16-25(30)34)35-20-9-6-18(7-10-20)29-26-22-15-19(8-11-23(22)27-17-28-26)31(2)24(33)5-3-4-14-32/h6-13,15-17,32H,4,14H2,1-2H3,(H,27,28,29). The lowest BCUT2D eigenvalue weighted by Gasteiger charge is -2.16. The van der Waals surface area contributed by atoms with Gasteiger partial charge in [-0.3, -0.25) is 9.59 Å². The van der Waals surface area contributed by atoms with Crippen molar-refractivity contribution >= 4 is 34.0 Å². The van der Waals surface area contributed by atoms with E-state index in [1.54, 1.807) is 44.6 Å². The zero-order valence-electron chi connectivity index (χ0n) is 19.2. The first-order chi connectivity index (χ1) is 16.9. The van der Waals surface area contributed by atoms with Gasteiger partial charge in [0, 0.05) is 49.5 Å². The molecule has 1 amide bonds. The molecule has 0 aliphatic rings. The van der Waals surface area contributed by atoms with Gasteiger partial charge in [0.05, 0.1) is 12.1 Å². The summed E-state index contributed by atoms with van der Waals surface area (Å²) in [7, 11) is 3.31. The van der Waals surface area contributed by atoms with Gasteiger partial charge >= 0.3 is 5.91 Å². The first-order valence-corrected chi connectivity index (χ1v) is 10.8. The second-order valence-corrected chi connectivity index (χ2v) is 7.63. The van der Waals surface area contributed by atoms with E-state index in [2.05, 4.69) is 27.1 Å². The summed E-state index contributed by atoms with van der Waals surface area (Å²) >= 11 is 0. The maximum atomic E-state index is 12.3. The zero-order chi connectivity index (χ0) is 24.8. The molecule has 9 nitrogen and oxygen atoms in total. The van der Waals surface area contributed by atoms with Crippen molar-refractivity contribution in [2.24, 2.45) is 7.05 Å². The highest BCUT2D eigenvalue weighted by molar-refractivity contribution is 6.06. The van der Waals surface area contributed by atoms with Gasteiger partial charge in [-0.25, -0.2) is 9.97 Å². The summed E-state index contributed by atoms with van der Waals surface area (Å²) in [6.07, 6.45) is 3.36. The highest BCUT2D eigenvalue weighted by Gasteiger charge is 2.12. The van der Waals surface area contributed by atoms with Crippen LogP contribution < -0.4 is 20.5 Å². The predicted octanol–water partition coefficient (Wildman–Crippen LogP) is 3.21. The van der Waals surface area contributed by atoms with Crippen molar-refractivity contribution in [3.05, 3.63) is 77.5 Å². The smallest absolute Gasteiger partial charge is 0.302 e. The van der Waals surface area contributed by atoms with Gasteiger partial charge in [-0.1, -0.05) is 5.92 Å². The van der Waals surface area contributed by atoms with Gasteiger partial charge in [-0.15, -0.1) is 0 Å². The van der Waals surface area contributed by atoms with E-state index in [4.69, 9.17) is 9.84 Å². The van der Waals surface area contributed by atoms with E-state index in [-0.39, 0.29) is 24.5 Å². The van der Waals surface area contributed by atoms with Crippen LogP contribution in [-0.2, 0) is 11.8 Å². The van der Waals surface area contributed by atoms with Gasteiger partial charge in [0.25, 0.3) is 5.56 Å². The Bertz CT molecular complexity index is 1490. The summed E-state index contributed by atoms with van der Waals surface area (Å²) in [6.45, 7) is -0.0916. The fraction of sp³-hybridized carbons (Fsp3) is 0.154. The third-order valence-electron chi connectivity index (χ3n) is 5.17. The molecule has 0 bridgehead atoms.